The molecule has 2 aromatic heterocycles. The first-order valence-corrected chi connectivity index (χ1v) is 8.14. The van der Waals surface area contributed by atoms with Crippen molar-refractivity contribution in [3.8, 4) is 11.3 Å². The maximum absolute atomic E-state index is 13.9. The van der Waals surface area contributed by atoms with Gasteiger partial charge in [-0.25, -0.2) is 4.39 Å². The average molecular weight is 339 g/mol. The molecule has 128 valence electrons. The molecular formula is C18H18FN5O. The van der Waals surface area contributed by atoms with Crippen molar-refractivity contribution >= 4 is 11.6 Å². The maximum atomic E-state index is 13.9. The number of rotatable bonds is 4. The van der Waals surface area contributed by atoms with Gasteiger partial charge in [-0.1, -0.05) is 0 Å². The Morgan fingerprint density at radius 3 is 2.72 bits per heavy atom. The predicted octanol–water partition coefficient (Wildman–Crippen LogP) is 3.09. The van der Waals surface area contributed by atoms with E-state index >= 15 is 0 Å². The monoisotopic (exact) mass is 339 g/mol. The zero-order valence-electron chi connectivity index (χ0n) is 14.0. The summed E-state index contributed by atoms with van der Waals surface area (Å²) in [5.41, 5.74) is 3.06. The van der Waals surface area contributed by atoms with Crippen LogP contribution < -0.4 is 5.32 Å². The van der Waals surface area contributed by atoms with Gasteiger partial charge in [-0.05, 0) is 42.5 Å². The number of nitrogens with one attached hydrogen (secondary N) is 1. The van der Waals surface area contributed by atoms with Crippen LogP contribution in [-0.4, -0.2) is 25.5 Å². The van der Waals surface area contributed by atoms with Crippen molar-refractivity contribution in [2.75, 3.05) is 5.32 Å². The minimum Gasteiger partial charge on any atom is -0.322 e. The quantitative estimate of drug-likeness (QED) is 0.794. The lowest BCUT2D eigenvalue weighted by molar-refractivity contribution is 0.102. The van der Waals surface area contributed by atoms with Gasteiger partial charge in [0.05, 0.1) is 11.8 Å². The van der Waals surface area contributed by atoms with Crippen molar-refractivity contribution in [1.82, 2.24) is 19.6 Å². The Labute approximate surface area is 144 Å². The molecule has 3 aromatic rings. The van der Waals surface area contributed by atoms with Gasteiger partial charge in [-0.3, -0.25) is 14.2 Å². The van der Waals surface area contributed by atoms with E-state index in [0.29, 0.717) is 22.5 Å². The Hall–Kier alpha value is -2.96. The predicted molar refractivity (Wildman–Crippen MR) is 91.7 cm³/mol. The first-order valence-electron chi connectivity index (χ1n) is 8.14. The molecular weight excluding hydrogens is 321 g/mol. The van der Waals surface area contributed by atoms with Crippen LogP contribution in [0.2, 0.25) is 0 Å². The van der Waals surface area contributed by atoms with Gasteiger partial charge in [0.15, 0.2) is 0 Å². The molecule has 0 aliphatic heterocycles. The number of nitrogens with zero attached hydrogens (tertiary/aromatic N) is 4. The van der Waals surface area contributed by atoms with Crippen molar-refractivity contribution in [2.45, 2.75) is 18.8 Å². The number of carbonyl (C=O) groups is 1. The molecule has 0 atom stereocenters. The van der Waals surface area contributed by atoms with E-state index in [1.54, 1.807) is 40.9 Å². The summed E-state index contributed by atoms with van der Waals surface area (Å²) in [6.07, 6.45) is 7.15. The fraction of sp³-hybridized carbons (Fsp3) is 0.278. The molecule has 0 bridgehead atoms. The van der Waals surface area contributed by atoms with Crippen LogP contribution in [0.4, 0.5) is 10.1 Å². The number of aryl methyl sites for hydroxylation is 2. The number of anilines is 1. The lowest BCUT2D eigenvalue weighted by Gasteiger charge is -2.08. The summed E-state index contributed by atoms with van der Waals surface area (Å²) in [5.74, 6) is -0.209. The van der Waals surface area contributed by atoms with Crippen molar-refractivity contribution in [1.29, 1.82) is 0 Å². The number of amides is 1. The molecule has 1 saturated carbocycles. The van der Waals surface area contributed by atoms with E-state index in [2.05, 4.69) is 15.5 Å². The second-order valence-corrected chi connectivity index (χ2v) is 6.43. The lowest BCUT2D eigenvalue weighted by atomic mass is 10.1. The molecule has 1 fully saturated rings. The van der Waals surface area contributed by atoms with Gasteiger partial charge in [0.25, 0.3) is 5.91 Å². The minimum atomic E-state index is -0.277. The minimum absolute atomic E-state index is 0.210. The SMILES string of the molecule is Cn1cc(-c2nn(C)cc2C(=O)Nc2ccc(F)c(C3CC3)c2)cn1. The topological polar surface area (TPSA) is 64.7 Å². The van der Waals surface area contributed by atoms with E-state index in [4.69, 9.17) is 0 Å². The first-order chi connectivity index (χ1) is 12.0. The molecule has 0 spiro atoms. The molecule has 2 heterocycles. The highest BCUT2D eigenvalue weighted by Crippen LogP contribution is 2.42. The average Bonchev–Trinajstić information content (AvgIpc) is 3.21. The van der Waals surface area contributed by atoms with Gasteiger partial charge < -0.3 is 5.32 Å². The third-order valence-corrected chi connectivity index (χ3v) is 4.32. The molecule has 7 heteroatoms. The summed E-state index contributed by atoms with van der Waals surface area (Å²) >= 11 is 0. The lowest BCUT2D eigenvalue weighted by Crippen LogP contribution is -2.12. The summed E-state index contributed by atoms with van der Waals surface area (Å²) in [7, 11) is 3.57. The summed E-state index contributed by atoms with van der Waals surface area (Å²) in [5, 5.41) is 11.4. The summed E-state index contributed by atoms with van der Waals surface area (Å²) in [6.45, 7) is 0. The van der Waals surface area contributed by atoms with Crippen molar-refractivity contribution < 1.29 is 9.18 Å². The number of carbonyl (C=O) groups excluding carboxylic acids is 1. The van der Waals surface area contributed by atoms with Gasteiger partial charge in [-0.15, -0.1) is 0 Å². The van der Waals surface area contributed by atoms with Gasteiger partial charge in [0.1, 0.15) is 11.5 Å². The third kappa shape index (κ3) is 3.05. The molecule has 1 aromatic carbocycles. The van der Waals surface area contributed by atoms with Crippen LogP contribution in [0.1, 0.15) is 34.7 Å². The normalized spacial score (nSPS) is 13.9. The van der Waals surface area contributed by atoms with E-state index in [-0.39, 0.29) is 17.6 Å². The molecule has 25 heavy (non-hydrogen) atoms. The Morgan fingerprint density at radius 2 is 2.04 bits per heavy atom. The number of benzene rings is 1. The first kappa shape index (κ1) is 15.6. The molecule has 0 saturated heterocycles. The van der Waals surface area contributed by atoms with E-state index in [9.17, 15) is 9.18 Å². The van der Waals surface area contributed by atoms with E-state index in [1.165, 1.54) is 6.07 Å². The fourth-order valence-corrected chi connectivity index (χ4v) is 2.94. The molecule has 1 aliphatic carbocycles. The fourth-order valence-electron chi connectivity index (χ4n) is 2.94. The highest BCUT2D eigenvalue weighted by molar-refractivity contribution is 6.08. The molecule has 1 aliphatic rings. The standard InChI is InChI=1S/C18H18FN5O/c1-23-9-12(8-20-23)17-15(10-24(2)22-17)18(25)21-13-5-6-16(19)14(7-13)11-3-4-11/h5-11H,3-4H2,1-2H3,(H,21,25). The van der Waals surface area contributed by atoms with Crippen LogP contribution in [0.15, 0.2) is 36.8 Å². The smallest absolute Gasteiger partial charge is 0.259 e. The number of hydrogen-bond donors (Lipinski definition) is 1. The number of halogens is 1. The number of aromatic nitrogens is 4. The molecule has 0 unspecified atom stereocenters. The van der Waals surface area contributed by atoms with E-state index in [0.717, 1.165) is 18.4 Å². The summed E-state index contributed by atoms with van der Waals surface area (Å²) in [6, 6.07) is 4.72. The molecule has 4 rings (SSSR count). The van der Waals surface area contributed by atoms with Crippen LogP contribution in [-0.2, 0) is 14.1 Å². The highest BCUT2D eigenvalue weighted by Gasteiger charge is 2.27. The van der Waals surface area contributed by atoms with Gasteiger partial charge in [0, 0.05) is 37.7 Å². The van der Waals surface area contributed by atoms with Gasteiger partial charge >= 0.3 is 0 Å². The Morgan fingerprint density at radius 1 is 1.24 bits per heavy atom. The Balaban J connectivity index is 1.63. The molecule has 1 N–H and O–H groups in total. The van der Waals surface area contributed by atoms with Crippen LogP contribution in [0.3, 0.4) is 0 Å². The van der Waals surface area contributed by atoms with E-state index < -0.39 is 0 Å². The largest absolute Gasteiger partial charge is 0.322 e. The van der Waals surface area contributed by atoms with Crippen molar-refractivity contribution in [3.63, 3.8) is 0 Å². The highest BCUT2D eigenvalue weighted by atomic mass is 19.1. The Bertz CT molecular complexity index is 954. The van der Waals surface area contributed by atoms with Crippen LogP contribution in [0.5, 0.6) is 0 Å². The summed E-state index contributed by atoms with van der Waals surface area (Å²) < 4.78 is 17.1. The third-order valence-electron chi connectivity index (χ3n) is 4.32. The van der Waals surface area contributed by atoms with Crippen molar-refractivity contribution in [2.24, 2.45) is 14.1 Å². The second-order valence-electron chi connectivity index (χ2n) is 6.43. The molecule has 6 nitrogen and oxygen atoms in total. The van der Waals surface area contributed by atoms with Crippen molar-refractivity contribution in [3.05, 3.63) is 53.7 Å². The van der Waals surface area contributed by atoms with Crippen LogP contribution >= 0.6 is 0 Å². The summed E-state index contributed by atoms with van der Waals surface area (Å²) in [4.78, 5) is 12.7. The molecule has 0 radical (unpaired) electrons. The zero-order valence-corrected chi connectivity index (χ0v) is 14.0. The van der Waals surface area contributed by atoms with Crippen LogP contribution in [0.25, 0.3) is 11.3 Å². The second kappa shape index (κ2) is 5.84. The Kier molecular flexibility index (Phi) is 3.63. The van der Waals surface area contributed by atoms with Gasteiger partial charge in [0.2, 0.25) is 0 Å². The van der Waals surface area contributed by atoms with E-state index in [1.807, 2.05) is 13.2 Å². The van der Waals surface area contributed by atoms with Gasteiger partial charge in [-0.2, -0.15) is 10.2 Å². The number of hydrogen-bond acceptors (Lipinski definition) is 3. The maximum Gasteiger partial charge on any atom is 0.259 e. The molecule has 1 amide bonds. The van der Waals surface area contributed by atoms with Crippen LogP contribution in [0, 0.1) is 5.82 Å². The zero-order chi connectivity index (χ0) is 17.6.